The standard InChI is InChI=1S/C21H22BN5O/c1-27-12-16-10-17(3-5-20(16)26-27)25-21(28)18-4-2-15(11-19(18)24)14-6-8-22(13-23)9-7-14/h2-5,10-12,14H,6-9,24H2,1H3,(H,25,28). The van der Waals surface area contributed by atoms with Gasteiger partial charge in [-0.25, -0.2) is 5.26 Å². The molecule has 0 bridgehead atoms. The number of amides is 1. The molecule has 0 atom stereocenters. The van der Waals surface area contributed by atoms with Gasteiger partial charge in [0.15, 0.2) is 0 Å². The molecule has 0 radical (unpaired) electrons. The van der Waals surface area contributed by atoms with Gasteiger partial charge in [-0.2, -0.15) is 5.10 Å². The van der Waals surface area contributed by atoms with Crippen LogP contribution in [0.5, 0.6) is 0 Å². The minimum absolute atomic E-state index is 0.177. The van der Waals surface area contributed by atoms with Crippen LogP contribution in [0.2, 0.25) is 12.6 Å². The molecule has 1 amide bonds. The van der Waals surface area contributed by atoms with Crippen LogP contribution in [0.3, 0.4) is 0 Å². The number of nitrogens with two attached hydrogens (primary N) is 1. The summed E-state index contributed by atoms with van der Waals surface area (Å²) in [5, 5.41) is 17.3. The molecule has 7 heteroatoms. The van der Waals surface area contributed by atoms with Crippen LogP contribution in [0.1, 0.15) is 34.7 Å². The second kappa shape index (κ2) is 7.39. The molecule has 1 aliphatic heterocycles. The normalized spacial score (nSPS) is 14.8. The molecule has 1 saturated heterocycles. The molecule has 28 heavy (non-hydrogen) atoms. The van der Waals surface area contributed by atoms with E-state index in [9.17, 15) is 4.79 Å². The Bertz CT molecular complexity index is 1080. The van der Waals surface area contributed by atoms with Crippen LogP contribution in [0, 0.1) is 11.2 Å². The second-order valence-electron chi connectivity index (χ2n) is 7.55. The first-order chi connectivity index (χ1) is 13.5. The van der Waals surface area contributed by atoms with Crippen molar-refractivity contribution in [1.29, 1.82) is 5.26 Å². The van der Waals surface area contributed by atoms with Crippen molar-refractivity contribution in [3.8, 4) is 5.97 Å². The van der Waals surface area contributed by atoms with Crippen LogP contribution >= 0.6 is 0 Å². The molecule has 1 aliphatic rings. The number of fused-ring (bicyclic) bond motifs is 1. The summed E-state index contributed by atoms with van der Waals surface area (Å²) in [7, 11) is 1.87. The molecule has 0 aliphatic carbocycles. The third-order valence-corrected chi connectivity index (χ3v) is 5.58. The predicted molar refractivity (Wildman–Crippen MR) is 112 cm³/mol. The van der Waals surface area contributed by atoms with Gasteiger partial charge in [-0.05, 0) is 41.8 Å². The lowest BCUT2D eigenvalue weighted by atomic mass is 9.41. The van der Waals surface area contributed by atoms with E-state index >= 15 is 0 Å². The Hall–Kier alpha value is -3.27. The van der Waals surface area contributed by atoms with Crippen molar-refractivity contribution in [1.82, 2.24) is 9.78 Å². The number of nitrogens with one attached hydrogen (secondary N) is 1. The van der Waals surface area contributed by atoms with E-state index in [2.05, 4.69) is 16.4 Å². The first-order valence-electron chi connectivity index (χ1n) is 9.57. The zero-order chi connectivity index (χ0) is 19.7. The fraction of sp³-hybridized carbons (Fsp3) is 0.286. The Labute approximate surface area is 164 Å². The molecule has 140 valence electrons. The second-order valence-corrected chi connectivity index (χ2v) is 7.55. The fourth-order valence-electron chi connectivity index (χ4n) is 4.02. The molecular weight excluding hydrogens is 349 g/mol. The van der Waals surface area contributed by atoms with E-state index in [0.717, 1.165) is 41.9 Å². The van der Waals surface area contributed by atoms with Crippen LogP contribution in [-0.2, 0) is 7.05 Å². The molecule has 1 aromatic heterocycles. The number of carbonyl (C=O) groups is 1. The number of nitrogen functional groups attached to an aromatic ring is 1. The number of carbonyl (C=O) groups excluding carboxylic acids is 1. The number of aryl methyl sites for hydroxylation is 1. The third kappa shape index (κ3) is 3.58. The molecule has 3 N–H and O–H groups in total. The number of anilines is 2. The Balaban J connectivity index is 1.49. The monoisotopic (exact) mass is 371 g/mol. The van der Waals surface area contributed by atoms with Crippen LogP contribution in [0.25, 0.3) is 10.9 Å². The summed E-state index contributed by atoms with van der Waals surface area (Å²) in [6.45, 7) is 0.177. The predicted octanol–water partition coefficient (Wildman–Crippen LogP) is 3.84. The summed E-state index contributed by atoms with van der Waals surface area (Å²) in [6, 6.07) is 11.3. The Morgan fingerprint density at radius 3 is 2.79 bits per heavy atom. The summed E-state index contributed by atoms with van der Waals surface area (Å²) in [5.41, 5.74) is 9.91. The fourth-order valence-corrected chi connectivity index (χ4v) is 4.02. The van der Waals surface area contributed by atoms with Gasteiger partial charge in [0.25, 0.3) is 12.6 Å². The van der Waals surface area contributed by atoms with Gasteiger partial charge in [-0.3, -0.25) is 9.48 Å². The quantitative estimate of drug-likeness (QED) is 0.540. The number of nitriles is 1. The number of benzene rings is 2. The number of aromatic nitrogens is 2. The lowest BCUT2D eigenvalue weighted by Gasteiger charge is -2.24. The highest BCUT2D eigenvalue weighted by molar-refractivity contribution is 6.67. The van der Waals surface area contributed by atoms with Gasteiger partial charge in [0.2, 0.25) is 0 Å². The summed E-state index contributed by atoms with van der Waals surface area (Å²) < 4.78 is 1.75. The van der Waals surface area contributed by atoms with E-state index in [1.54, 1.807) is 10.7 Å². The molecule has 3 aromatic rings. The molecule has 6 nitrogen and oxygen atoms in total. The number of rotatable bonds is 3. The van der Waals surface area contributed by atoms with Crippen LogP contribution < -0.4 is 11.1 Å². The maximum absolute atomic E-state index is 12.7. The van der Waals surface area contributed by atoms with Crippen molar-refractivity contribution < 1.29 is 4.79 Å². The Kier molecular flexibility index (Phi) is 4.78. The smallest absolute Gasteiger partial charge is 0.267 e. The average molecular weight is 371 g/mol. The maximum Gasteiger partial charge on any atom is 0.267 e. The van der Waals surface area contributed by atoms with Gasteiger partial charge >= 0.3 is 0 Å². The first-order valence-corrected chi connectivity index (χ1v) is 9.57. The van der Waals surface area contributed by atoms with E-state index < -0.39 is 0 Å². The number of nitrogens with zero attached hydrogens (tertiary/aromatic N) is 3. The highest BCUT2D eigenvalue weighted by Gasteiger charge is 2.25. The van der Waals surface area contributed by atoms with Gasteiger partial charge in [0.1, 0.15) is 0 Å². The number of hydrogen-bond donors (Lipinski definition) is 2. The molecule has 0 unspecified atom stereocenters. The summed E-state index contributed by atoms with van der Waals surface area (Å²) in [6.07, 6.45) is 5.76. The average Bonchev–Trinajstić information content (AvgIpc) is 3.07. The molecule has 2 aromatic carbocycles. The van der Waals surface area contributed by atoms with Crippen molar-refractivity contribution >= 4 is 34.9 Å². The molecule has 0 saturated carbocycles. The van der Waals surface area contributed by atoms with Crippen LogP contribution in [0.15, 0.2) is 42.6 Å². The van der Waals surface area contributed by atoms with E-state index in [-0.39, 0.29) is 12.6 Å². The minimum Gasteiger partial charge on any atom is -0.398 e. The van der Waals surface area contributed by atoms with E-state index in [1.165, 1.54) is 0 Å². The van der Waals surface area contributed by atoms with Gasteiger partial charge < -0.3 is 11.1 Å². The summed E-state index contributed by atoms with van der Waals surface area (Å²) >= 11 is 0. The lowest BCUT2D eigenvalue weighted by Crippen LogP contribution is -2.19. The maximum atomic E-state index is 12.7. The van der Waals surface area contributed by atoms with Gasteiger partial charge in [0.05, 0.1) is 11.1 Å². The van der Waals surface area contributed by atoms with Crippen LogP contribution in [-0.4, -0.2) is 22.4 Å². The van der Waals surface area contributed by atoms with Gasteiger partial charge in [-0.15, -0.1) is 0 Å². The highest BCUT2D eigenvalue weighted by atomic mass is 16.1. The van der Waals surface area contributed by atoms with Crippen molar-refractivity contribution in [2.24, 2.45) is 7.05 Å². The van der Waals surface area contributed by atoms with Gasteiger partial charge in [-0.1, -0.05) is 31.5 Å². The minimum atomic E-state index is -0.222. The Morgan fingerprint density at radius 2 is 2.07 bits per heavy atom. The first kappa shape index (κ1) is 18.1. The molecule has 2 heterocycles. The topological polar surface area (TPSA) is 96.7 Å². The van der Waals surface area contributed by atoms with Crippen molar-refractivity contribution in [2.45, 2.75) is 31.4 Å². The number of hydrogen-bond acceptors (Lipinski definition) is 4. The van der Waals surface area contributed by atoms with E-state index in [1.807, 2.05) is 43.6 Å². The lowest BCUT2D eigenvalue weighted by molar-refractivity contribution is 0.102. The SMILES string of the molecule is Cn1cc2cc(NC(=O)c3ccc(C4CCB(C#N)CC4)cc3N)ccc2n1. The summed E-state index contributed by atoms with van der Waals surface area (Å²) in [4.78, 5) is 12.7. The molecule has 1 fully saturated rings. The van der Waals surface area contributed by atoms with E-state index in [0.29, 0.717) is 22.9 Å². The van der Waals surface area contributed by atoms with Crippen LogP contribution in [0.4, 0.5) is 11.4 Å². The van der Waals surface area contributed by atoms with Gasteiger partial charge in [0, 0.05) is 36.0 Å². The van der Waals surface area contributed by atoms with Crippen molar-refractivity contribution in [3.05, 3.63) is 53.7 Å². The molecule has 4 rings (SSSR count). The highest BCUT2D eigenvalue weighted by Crippen LogP contribution is 2.34. The van der Waals surface area contributed by atoms with E-state index in [4.69, 9.17) is 11.0 Å². The zero-order valence-electron chi connectivity index (χ0n) is 15.9. The zero-order valence-corrected chi connectivity index (χ0v) is 15.9. The Morgan fingerprint density at radius 1 is 1.29 bits per heavy atom. The summed E-state index contributed by atoms with van der Waals surface area (Å²) in [5.74, 6) is 2.56. The molecular formula is C21H22BN5O. The largest absolute Gasteiger partial charge is 0.398 e. The third-order valence-electron chi connectivity index (χ3n) is 5.58. The van der Waals surface area contributed by atoms with Crippen molar-refractivity contribution in [3.63, 3.8) is 0 Å². The molecule has 0 spiro atoms. The van der Waals surface area contributed by atoms with Crippen molar-refractivity contribution in [2.75, 3.05) is 11.1 Å².